The molecule has 0 saturated carbocycles. The zero-order valence-corrected chi connectivity index (χ0v) is 17.4. The summed E-state index contributed by atoms with van der Waals surface area (Å²) in [6.45, 7) is 5.40. The largest absolute Gasteiger partial charge is 0.453 e. The predicted octanol–water partition coefficient (Wildman–Crippen LogP) is 4.09. The summed E-state index contributed by atoms with van der Waals surface area (Å²) in [5.74, 6) is -0.947. The highest BCUT2D eigenvalue weighted by atomic mass is 32.1. The molecule has 0 aliphatic rings. The van der Waals surface area contributed by atoms with E-state index in [0.29, 0.717) is 4.88 Å². The van der Waals surface area contributed by atoms with Gasteiger partial charge in [0.2, 0.25) is 0 Å². The molecular formula is C22H27NO4S. The number of thiophene rings is 1. The molecule has 2 rings (SSSR count). The number of ketones is 1. The lowest BCUT2D eigenvalue weighted by Crippen LogP contribution is -2.41. The van der Waals surface area contributed by atoms with Crippen LogP contribution in [0.2, 0.25) is 0 Å². The van der Waals surface area contributed by atoms with E-state index in [1.807, 2.05) is 38.1 Å². The van der Waals surface area contributed by atoms with Crippen molar-refractivity contribution in [2.24, 2.45) is 0 Å². The van der Waals surface area contributed by atoms with Gasteiger partial charge in [0, 0.05) is 17.3 Å². The predicted molar refractivity (Wildman–Crippen MR) is 111 cm³/mol. The van der Waals surface area contributed by atoms with Gasteiger partial charge in [0.05, 0.1) is 11.3 Å². The maximum atomic E-state index is 12.2. The maximum Gasteiger partial charge on any atom is 0.307 e. The number of rotatable bonds is 10. The van der Waals surface area contributed by atoms with Gasteiger partial charge in [-0.15, -0.1) is 11.3 Å². The minimum atomic E-state index is -0.884. The fourth-order valence-electron chi connectivity index (χ4n) is 2.69. The molecule has 1 amide bonds. The van der Waals surface area contributed by atoms with Crippen molar-refractivity contribution < 1.29 is 19.1 Å². The van der Waals surface area contributed by atoms with Crippen LogP contribution in [-0.4, -0.2) is 29.8 Å². The van der Waals surface area contributed by atoms with Crippen LogP contribution in [0.5, 0.6) is 0 Å². The van der Waals surface area contributed by atoms with Gasteiger partial charge in [-0.05, 0) is 51.3 Å². The molecule has 0 unspecified atom stereocenters. The molecule has 0 aliphatic carbocycles. The Morgan fingerprint density at radius 3 is 2.39 bits per heavy atom. The van der Waals surface area contributed by atoms with Crippen LogP contribution in [0.3, 0.4) is 0 Å². The van der Waals surface area contributed by atoms with Crippen LogP contribution in [0.15, 0.2) is 42.5 Å². The van der Waals surface area contributed by atoms with Gasteiger partial charge in [0.1, 0.15) is 0 Å². The molecule has 1 N–H and O–H groups in total. The molecule has 0 radical (unpaired) electrons. The summed E-state index contributed by atoms with van der Waals surface area (Å²) in [7, 11) is 0. The average molecular weight is 402 g/mol. The number of carbonyl (C=O) groups is 3. The lowest BCUT2D eigenvalue weighted by atomic mass is 10.1. The Morgan fingerprint density at radius 2 is 1.75 bits per heavy atom. The number of Topliss-reactive ketones (excluding diaryl/α,β-unsaturated/α-hetero) is 1. The first-order valence-corrected chi connectivity index (χ1v) is 10.3. The number of hydrogen-bond acceptors (Lipinski definition) is 5. The highest BCUT2D eigenvalue weighted by Gasteiger charge is 2.20. The van der Waals surface area contributed by atoms with Crippen LogP contribution in [0, 0.1) is 6.92 Å². The lowest BCUT2D eigenvalue weighted by Gasteiger charge is -2.18. The van der Waals surface area contributed by atoms with E-state index >= 15 is 0 Å². The monoisotopic (exact) mass is 401 g/mol. The van der Waals surface area contributed by atoms with Crippen molar-refractivity contribution in [3.8, 4) is 0 Å². The van der Waals surface area contributed by atoms with Gasteiger partial charge in [0.25, 0.3) is 5.91 Å². The Morgan fingerprint density at radius 1 is 1.04 bits per heavy atom. The smallest absolute Gasteiger partial charge is 0.307 e. The first-order valence-electron chi connectivity index (χ1n) is 9.48. The summed E-state index contributed by atoms with van der Waals surface area (Å²) in [5, 5.41) is 2.87. The summed E-state index contributed by atoms with van der Waals surface area (Å²) < 4.78 is 5.17. The topological polar surface area (TPSA) is 72.5 Å². The van der Waals surface area contributed by atoms with Gasteiger partial charge in [-0.25, -0.2) is 0 Å². The van der Waals surface area contributed by atoms with Crippen LogP contribution < -0.4 is 5.32 Å². The first-order chi connectivity index (χ1) is 13.3. The minimum Gasteiger partial charge on any atom is -0.453 e. The maximum absolute atomic E-state index is 12.2. The molecule has 0 saturated heterocycles. The van der Waals surface area contributed by atoms with Crippen molar-refractivity contribution in [2.75, 3.05) is 0 Å². The van der Waals surface area contributed by atoms with E-state index in [9.17, 15) is 14.4 Å². The van der Waals surface area contributed by atoms with Gasteiger partial charge < -0.3 is 10.1 Å². The third-order valence-corrected chi connectivity index (χ3v) is 5.39. The van der Waals surface area contributed by atoms with Crippen LogP contribution in [0.4, 0.5) is 0 Å². The van der Waals surface area contributed by atoms with Gasteiger partial charge in [0.15, 0.2) is 11.9 Å². The van der Waals surface area contributed by atoms with E-state index in [1.54, 1.807) is 13.0 Å². The number of esters is 1. The second-order valence-electron chi connectivity index (χ2n) is 6.90. The molecular weight excluding hydrogens is 374 g/mol. The normalized spacial score (nSPS) is 12.8. The van der Waals surface area contributed by atoms with E-state index in [-0.39, 0.29) is 30.6 Å². The number of aryl methyl sites for hydroxylation is 2. The summed E-state index contributed by atoms with van der Waals surface area (Å²) in [6.07, 6.45) is 0.828. The minimum absolute atomic E-state index is 0.0301. The van der Waals surface area contributed by atoms with Crippen molar-refractivity contribution in [3.63, 3.8) is 0 Å². The Kier molecular flexibility index (Phi) is 8.39. The molecule has 28 heavy (non-hydrogen) atoms. The molecule has 2 atom stereocenters. The Hall–Kier alpha value is -2.47. The highest BCUT2D eigenvalue weighted by Crippen LogP contribution is 2.17. The summed E-state index contributed by atoms with van der Waals surface area (Å²) >= 11 is 1.41. The summed E-state index contributed by atoms with van der Waals surface area (Å²) in [4.78, 5) is 37.9. The third kappa shape index (κ3) is 7.27. The van der Waals surface area contributed by atoms with Gasteiger partial charge >= 0.3 is 5.97 Å². The van der Waals surface area contributed by atoms with E-state index in [1.165, 1.54) is 16.9 Å². The second-order valence-corrected chi connectivity index (χ2v) is 8.19. The van der Waals surface area contributed by atoms with Gasteiger partial charge in [-0.1, -0.05) is 30.3 Å². The van der Waals surface area contributed by atoms with Crippen LogP contribution in [-0.2, 0) is 20.7 Å². The molecule has 1 heterocycles. The number of ether oxygens (including phenoxy) is 1. The fraction of sp³-hybridized carbons (Fsp3) is 0.409. The molecule has 0 bridgehead atoms. The Labute approximate surface area is 170 Å². The highest BCUT2D eigenvalue weighted by molar-refractivity contribution is 7.14. The van der Waals surface area contributed by atoms with Crippen LogP contribution in [0.1, 0.15) is 53.2 Å². The van der Waals surface area contributed by atoms with E-state index < -0.39 is 12.1 Å². The lowest BCUT2D eigenvalue weighted by molar-refractivity contribution is -0.155. The molecule has 0 fully saturated rings. The molecule has 1 aromatic heterocycles. The SMILES string of the molecule is Cc1ccc(C(=O)CCC(=O)O[C@@H](C)C(=O)N[C@@H](C)CCc2ccccc2)s1. The molecule has 0 spiro atoms. The van der Waals surface area contributed by atoms with Gasteiger partial charge in [-0.2, -0.15) is 0 Å². The summed E-state index contributed by atoms with van der Waals surface area (Å²) in [6, 6.07) is 13.7. The molecule has 150 valence electrons. The number of amides is 1. The number of benzene rings is 1. The number of nitrogens with one attached hydrogen (secondary N) is 1. The van der Waals surface area contributed by atoms with E-state index in [2.05, 4.69) is 17.4 Å². The standard InChI is InChI=1S/C22H27NO4S/c1-15(9-11-18-7-5-4-6-8-18)23-22(26)17(3)27-21(25)14-12-19(24)20-13-10-16(2)28-20/h4-8,10,13,15,17H,9,11-12,14H2,1-3H3,(H,23,26)/t15-,17-/m0/s1. The second kappa shape index (κ2) is 10.8. The van der Waals surface area contributed by atoms with Crippen LogP contribution in [0.25, 0.3) is 0 Å². The zero-order chi connectivity index (χ0) is 20.5. The number of hydrogen-bond donors (Lipinski definition) is 1. The molecule has 0 aliphatic heterocycles. The molecule has 6 heteroatoms. The molecule has 5 nitrogen and oxygen atoms in total. The Balaban J connectivity index is 1.68. The Bertz CT molecular complexity index is 800. The first kappa shape index (κ1) is 21.8. The van der Waals surface area contributed by atoms with Crippen molar-refractivity contribution in [3.05, 3.63) is 57.8 Å². The molecule has 2 aromatic rings. The van der Waals surface area contributed by atoms with Crippen molar-refractivity contribution >= 4 is 29.0 Å². The van der Waals surface area contributed by atoms with Crippen molar-refractivity contribution in [2.45, 2.75) is 58.6 Å². The van der Waals surface area contributed by atoms with E-state index in [0.717, 1.165) is 17.7 Å². The number of carbonyl (C=O) groups excluding carboxylic acids is 3. The van der Waals surface area contributed by atoms with Crippen LogP contribution >= 0.6 is 11.3 Å². The zero-order valence-electron chi connectivity index (χ0n) is 16.6. The average Bonchev–Trinajstić information content (AvgIpc) is 3.11. The van der Waals surface area contributed by atoms with Crippen molar-refractivity contribution in [1.82, 2.24) is 5.32 Å². The molecule has 1 aromatic carbocycles. The quantitative estimate of drug-likeness (QED) is 0.481. The summed E-state index contributed by atoms with van der Waals surface area (Å²) in [5.41, 5.74) is 1.22. The van der Waals surface area contributed by atoms with Crippen molar-refractivity contribution in [1.29, 1.82) is 0 Å². The van der Waals surface area contributed by atoms with Gasteiger partial charge in [-0.3, -0.25) is 14.4 Å². The van der Waals surface area contributed by atoms with E-state index in [4.69, 9.17) is 4.74 Å². The third-order valence-electron chi connectivity index (χ3n) is 4.35. The fourth-order valence-corrected chi connectivity index (χ4v) is 3.53.